The summed E-state index contributed by atoms with van der Waals surface area (Å²) in [5.41, 5.74) is 4.44. The molecule has 2 N–H and O–H groups in total. The van der Waals surface area contributed by atoms with Crippen LogP contribution in [0.3, 0.4) is 0 Å². The van der Waals surface area contributed by atoms with Gasteiger partial charge in [-0.25, -0.2) is 4.98 Å². The Hall–Kier alpha value is -2.10. The summed E-state index contributed by atoms with van der Waals surface area (Å²) in [5.74, 6) is 1.45. The summed E-state index contributed by atoms with van der Waals surface area (Å²) in [7, 11) is 0. The molecule has 2 aromatic rings. The van der Waals surface area contributed by atoms with E-state index in [0.717, 1.165) is 17.2 Å². The summed E-state index contributed by atoms with van der Waals surface area (Å²) >= 11 is 0. The van der Waals surface area contributed by atoms with Crippen molar-refractivity contribution in [3.8, 4) is 0 Å². The van der Waals surface area contributed by atoms with Crippen LogP contribution in [0, 0.1) is 20.8 Å². The van der Waals surface area contributed by atoms with E-state index in [4.69, 9.17) is 0 Å². The smallest absolute Gasteiger partial charge is 0.229 e. The Kier molecular flexibility index (Phi) is 4.16. The third kappa shape index (κ3) is 4.45. The van der Waals surface area contributed by atoms with Crippen molar-refractivity contribution in [3.05, 3.63) is 41.1 Å². The minimum atomic E-state index is -0.0293. The van der Waals surface area contributed by atoms with Crippen molar-refractivity contribution in [1.82, 2.24) is 9.97 Å². The average Bonchev–Trinajstić information content (AvgIpc) is 2.31. The minimum absolute atomic E-state index is 0.0293. The number of aromatic nitrogens is 2. The van der Waals surface area contributed by atoms with Gasteiger partial charge in [0.05, 0.1) is 0 Å². The number of anilines is 3. The van der Waals surface area contributed by atoms with Gasteiger partial charge in [0.2, 0.25) is 5.95 Å². The van der Waals surface area contributed by atoms with Gasteiger partial charge in [-0.05, 0) is 64.8 Å². The number of hydrogen-bond donors (Lipinski definition) is 2. The molecule has 0 fully saturated rings. The highest BCUT2D eigenvalue weighted by atomic mass is 15.2. The molecule has 0 bridgehead atoms. The van der Waals surface area contributed by atoms with E-state index in [2.05, 4.69) is 67.4 Å². The molecule has 0 unspecified atom stereocenters. The van der Waals surface area contributed by atoms with Crippen molar-refractivity contribution >= 4 is 17.5 Å². The maximum absolute atomic E-state index is 4.53. The average molecular weight is 284 g/mol. The maximum Gasteiger partial charge on any atom is 0.229 e. The Balaban J connectivity index is 2.25. The second-order valence-corrected chi connectivity index (χ2v) is 6.52. The maximum atomic E-state index is 4.53. The Bertz CT molecular complexity index is 642. The van der Waals surface area contributed by atoms with Crippen LogP contribution in [0.15, 0.2) is 24.3 Å². The SMILES string of the molecule is Cc1cc(NC(C)(C)C)nc(Nc2ccc(C)c(C)c2)n1. The predicted molar refractivity (Wildman–Crippen MR) is 89.3 cm³/mol. The molecule has 0 aliphatic carbocycles. The molecule has 0 spiro atoms. The van der Waals surface area contributed by atoms with E-state index in [1.807, 2.05) is 19.1 Å². The molecule has 2 rings (SSSR count). The third-order valence-corrected chi connectivity index (χ3v) is 3.12. The van der Waals surface area contributed by atoms with Crippen LogP contribution in [0.5, 0.6) is 0 Å². The molecule has 1 heterocycles. The molecule has 0 aliphatic rings. The Labute approximate surface area is 127 Å². The van der Waals surface area contributed by atoms with Gasteiger partial charge in [0.25, 0.3) is 0 Å². The van der Waals surface area contributed by atoms with Gasteiger partial charge in [0, 0.05) is 23.0 Å². The van der Waals surface area contributed by atoms with Crippen molar-refractivity contribution in [2.24, 2.45) is 0 Å². The zero-order valence-electron chi connectivity index (χ0n) is 13.7. The first-order valence-electron chi connectivity index (χ1n) is 7.21. The fourth-order valence-electron chi connectivity index (χ4n) is 2.02. The van der Waals surface area contributed by atoms with Gasteiger partial charge in [0.1, 0.15) is 5.82 Å². The number of nitrogens with zero attached hydrogens (tertiary/aromatic N) is 2. The van der Waals surface area contributed by atoms with E-state index in [-0.39, 0.29) is 5.54 Å². The zero-order valence-corrected chi connectivity index (χ0v) is 13.7. The van der Waals surface area contributed by atoms with E-state index < -0.39 is 0 Å². The van der Waals surface area contributed by atoms with Crippen LogP contribution in [-0.4, -0.2) is 15.5 Å². The molecule has 0 saturated heterocycles. The van der Waals surface area contributed by atoms with Gasteiger partial charge in [0.15, 0.2) is 0 Å². The van der Waals surface area contributed by atoms with Crippen LogP contribution in [0.4, 0.5) is 17.5 Å². The van der Waals surface area contributed by atoms with Crippen LogP contribution < -0.4 is 10.6 Å². The molecule has 0 aliphatic heterocycles. The first-order chi connectivity index (χ1) is 9.73. The van der Waals surface area contributed by atoms with E-state index in [1.165, 1.54) is 11.1 Å². The van der Waals surface area contributed by atoms with Gasteiger partial charge < -0.3 is 10.6 Å². The van der Waals surface area contributed by atoms with Crippen molar-refractivity contribution in [1.29, 1.82) is 0 Å². The largest absolute Gasteiger partial charge is 0.365 e. The second kappa shape index (κ2) is 5.72. The molecule has 4 heteroatoms. The molecule has 1 aromatic carbocycles. The van der Waals surface area contributed by atoms with Gasteiger partial charge in [-0.15, -0.1) is 0 Å². The van der Waals surface area contributed by atoms with Crippen molar-refractivity contribution in [3.63, 3.8) is 0 Å². The second-order valence-electron chi connectivity index (χ2n) is 6.52. The topological polar surface area (TPSA) is 49.8 Å². The molecule has 0 radical (unpaired) electrons. The quantitative estimate of drug-likeness (QED) is 0.879. The molecule has 21 heavy (non-hydrogen) atoms. The first-order valence-corrected chi connectivity index (χ1v) is 7.21. The molecule has 1 aromatic heterocycles. The van der Waals surface area contributed by atoms with Gasteiger partial charge >= 0.3 is 0 Å². The van der Waals surface area contributed by atoms with Gasteiger partial charge in [-0.1, -0.05) is 6.07 Å². The Morgan fingerprint density at radius 1 is 0.905 bits per heavy atom. The molecular formula is C17H24N4. The van der Waals surface area contributed by atoms with Gasteiger partial charge in [-0.3, -0.25) is 0 Å². The fraction of sp³-hybridized carbons (Fsp3) is 0.412. The number of hydrogen-bond acceptors (Lipinski definition) is 4. The van der Waals surface area contributed by atoms with Crippen LogP contribution in [0.25, 0.3) is 0 Å². The molecular weight excluding hydrogens is 260 g/mol. The Morgan fingerprint density at radius 3 is 2.24 bits per heavy atom. The lowest BCUT2D eigenvalue weighted by Gasteiger charge is -2.21. The predicted octanol–water partition coefficient (Wildman–Crippen LogP) is 4.36. The van der Waals surface area contributed by atoms with Crippen molar-refractivity contribution in [2.45, 2.75) is 47.1 Å². The van der Waals surface area contributed by atoms with Gasteiger partial charge in [-0.2, -0.15) is 4.98 Å². The summed E-state index contributed by atoms with van der Waals surface area (Å²) in [4.78, 5) is 8.98. The zero-order chi connectivity index (χ0) is 15.6. The summed E-state index contributed by atoms with van der Waals surface area (Å²) in [6.07, 6.45) is 0. The minimum Gasteiger partial charge on any atom is -0.365 e. The summed E-state index contributed by atoms with van der Waals surface area (Å²) < 4.78 is 0. The first kappa shape index (κ1) is 15.3. The van der Waals surface area contributed by atoms with E-state index in [9.17, 15) is 0 Å². The van der Waals surface area contributed by atoms with Crippen molar-refractivity contribution < 1.29 is 0 Å². The summed E-state index contributed by atoms with van der Waals surface area (Å²) in [6, 6.07) is 8.21. The normalized spacial score (nSPS) is 11.3. The number of aryl methyl sites for hydroxylation is 3. The van der Waals surface area contributed by atoms with Crippen LogP contribution >= 0.6 is 0 Å². The number of benzene rings is 1. The molecule has 112 valence electrons. The lowest BCUT2D eigenvalue weighted by Crippen LogP contribution is -2.27. The fourth-order valence-corrected chi connectivity index (χ4v) is 2.02. The molecule has 0 amide bonds. The van der Waals surface area contributed by atoms with Crippen LogP contribution in [0.1, 0.15) is 37.6 Å². The van der Waals surface area contributed by atoms with Crippen LogP contribution in [-0.2, 0) is 0 Å². The van der Waals surface area contributed by atoms with E-state index in [0.29, 0.717) is 5.95 Å². The third-order valence-electron chi connectivity index (χ3n) is 3.12. The molecule has 0 atom stereocenters. The summed E-state index contributed by atoms with van der Waals surface area (Å²) in [5, 5.41) is 6.65. The number of nitrogens with one attached hydrogen (secondary N) is 2. The lowest BCUT2D eigenvalue weighted by molar-refractivity contribution is 0.630. The van der Waals surface area contributed by atoms with Crippen LogP contribution in [0.2, 0.25) is 0 Å². The number of rotatable bonds is 3. The van der Waals surface area contributed by atoms with E-state index >= 15 is 0 Å². The highest BCUT2D eigenvalue weighted by Gasteiger charge is 2.11. The monoisotopic (exact) mass is 284 g/mol. The molecule has 4 nitrogen and oxygen atoms in total. The summed E-state index contributed by atoms with van der Waals surface area (Å²) in [6.45, 7) is 12.5. The Morgan fingerprint density at radius 2 is 1.62 bits per heavy atom. The highest BCUT2D eigenvalue weighted by Crippen LogP contribution is 2.20. The molecule has 0 saturated carbocycles. The lowest BCUT2D eigenvalue weighted by atomic mass is 10.1. The van der Waals surface area contributed by atoms with E-state index in [1.54, 1.807) is 0 Å². The van der Waals surface area contributed by atoms with Crippen molar-refractivity contribution in [2.75, 3.05) is 10.6 Å². The highest BCUT2D eigenvalue weighted by molar-refractivity contribution is 5.57. The standard InChI is InChI=1S/C17H24N4/c1-11-7-8-14(9-12(11)2)19-16-18-13(3)10-15(20-16)21-17(4,5)6/h7-10H,1-6H3,(H2,18,19,20,21).